The van der Waals surface area contributed by atoms with Crippen LogP contribution in [-0.2, 0) is 42.8 Å². The molecule has 1 heterocycles. The van der Waals surface area contributed by atoms with E-state index in [1.54, 1.807) is 38.1 Å². The molecule has 11 nitrogen and oxygen atoms in total. The molecule has 0 radical (unpaired) electrons. The molecule has 41 heavy (non-hydrogen) atoms. The Kier molecular flexibility index (Phi) is 9.47. The number of aryl methyl sites for hydroxylation is 2. The maximum atomic E-state index is 13.3. The van der Waals surface area contributed by atoms with Gasteiger partial charge in [-0.25, -0.2) is 4.79 Å². The predicted octanol–water partition coefficient (Wildman–Crippen LogP) is 3.39. The van der Waals surface area contributed by atoms with Crippen LogP contribution in [0.1, 0.15) is 21.5 Å². The lowest BCUT2D eigenvalue weighted by atomic mass is 10.1. The minimum Gasteiger partial charge on any atom is -0.497 e. The van der Waals surface area contributed by atoms with Crippen LogP contribution in [-0.4, -0.2) is 68.2 Å². The number of carbonyl (C=O) groups excluding carboxylic acids is 1. The third kappa shape index (κ3) is 7.31. The van der Waals surface area contributed by atoms with Crippen LogP contribution < -0.4 is 4.74 Å². The molecule has 1 aliphatic heterocycles. The van der Waals surface area contributed by atoms with Gasteiger partial charge in [-0.05, 0) is 62.4 Å². The summed E-state index contributed by atoms with van der Waals surface area (Å²) in [5.41, 5.74) is 1.74. The van der Waals surface area contributed by atoms with Crippen LogP contribution in [0.4, 0.5) is 0 Å². The molecule has 0 saturated carbocycles. The number of carbonyl (C=O) groups is 1. The quantitative estimate of drug-likeness (QED) is 0.248. The molecule has 0 N–H and O–H groups in total. The monoisotopic (exact) mass is 606 g/mol. The molecule has 0 aliphatic carbocycles. The summed E-state index contributed by atoms with van der Waals surface area (Å²) in [5, 5.41) is 0. The molecule has 0 amide bonds. The number of methoxy groups -OCH3 is 2. The lowest BCUT2D eigenvalue weighted by Gasteiger charge is -2.39. The van der Waals surface area contributed by atoms with Crippen molar-refractivity contribution in [2.45, 2.75) is 48.2 Å². The Morgan fingerprint density at radius 1 is 0.732 bits per heavy atom. The molecule has 1 fully saturated rings. The fraction of sp³-hybridized carbons (Fsp3) is 0.321. The number of hydrogen-bond donors (Lipinski definition) is 0. The summed E-state index contributed by atoms with van der Waals surface area (Å²) in [6.45, 7) is 3.13. The van der Waals surface area contributed by atoms with Crippen LogP contribution in [0, 0.1) is 13.8 Å². The Bertz CT molecular complexity index is 1550. The largest absolute Gasteiger partial charge is 0.497 e. The van der Waals surface area contributed by atoms with E-state index in [-0.39, 0.29) is 15.4 Å². The molecule has 3 aromatic carbocycles. The van der Waals surface area contributed by atoms with Gasteiger partial charge in [-0.15, -0.1) is 0 Å². The van der Waals surface area contributed by atoms with Crippen LogP contribution in [0.2, 0.25) is 0 Å². The van der Waals surface area contributed by atoms with Crippen molar-refractivity contribution in [3.8, 4) is 5.75 Å². The second kappa shape index (κ2) is 12.7. The fourth-order valence-corrected chi connectivity index (χ4v) is 6.20. The Hall–Kier alpha value is -3.33. The first kappa shape index (κ1) is 30.6. The van der Waals surface area contributed by atoms with Crippen molar-refractivity contribution >= 4 is 26.2 Å². The van der Waals surface area contributed by atoms with Crippen LogP contribution in [0.3, 0.4) is 0 Å². The smallest absolute Gasteiger partial charge is 0.338 e. The van der Waals surface area contributed by atoms with Gasteiger partial charge in [0, 0.05) is 7.11 Å². The number of hydrogen-bond acceptors (Lipinski definition) is 11. The summed E-state index contributed by atoms with van der Waals surface area (Å²) in [7, 11) is -6.20. The normalized spacial score (nSPS) is 21.3. The van der Waals surface area contributed by atoms with Crippen molar-refractivity contribution in [2.24, 2.45) is 0 Å². The molecule has 4 rings (SSSR count). The van der Waals surface area contributed by atoms with Crippen LogP contribution in [0.25, 0.3) is 0 Å². The number of benzene rings is 3. The van der Waals surface area contributed by atoms with E-state index in [2.05, 4.69) is 0 Å². The molecule has 1 aliphatic rings. The molecule has 4 unspecified atom stereocenters. The van der Waals surface area contributed by atoms with Gasteiger partial charge < -0.3 is 18.9 Å². The van der Waals surface area contributed by atoms with E-state index in [1.165, 1.54) is 62.8 Å². The lowest BCUT2D eigenvalue weighted by molar-refractivity contribution is -0.251. The standard InChI is InChI=1S/C28H30O11S2/c1-18-5-13-22(14-6-18)40(30,31)38-24-17-36-28(35-4)26(37-27(29)20-9-11-21(34-3)12-10-20)25(24)39-41(32,33)23-15-7-19(2)8-16-23/h5-16,24-26,28H,17H2,1-4H3. The van der Waals surface area contributed by atoms with Crippen molar-refractivity contribution in [3.63, 3.8) is 0 Å². The van der Waals surface area contributed by atoms with Gasteiger partial charge in [-0.3, -0.25) is 8.37 Å². The third-order valence-corrected chi connectivity index (χ3v) is 8.97. The van der Waals surface area contributed by atoms with E-state index in [1.807, 2.05) is 0 Å². The molecule has 0 bridgehead atoms. The molecule has 0 spiro atoms. The minimum atomic E-state index is -4.50. The van der Waals surface area contributed by atoms with E-state index in [4.69, 9.17) is 27.3 Å². The zero-order chi connectivity index (χ0) is 29.8. The maximum Gasteiger partial charge on any atom is 0.338 e. The second-order valence-corrected chi connectivity index (χ2v) is 12.4. The van der Waals surface area contributed by atoms with Crippen molar-refractivity contribution in [1.82, 2.24) is 0 Å². The highest BCUT2D eigenvalue weighted by atomic mass is 32.2. The molecule has 13 heteroatoms. The highest BCUT2D eigenvalue weighted by molar-refractivity contribution is 7.87. The van der Waals surface area contributed by atoms with E-state index in [0.717, 1.165) is 11.1 Å². The summed E-state index contributed by atoms with van der Waals surface area (Å²) >= 11 is 0. The van der Waals surface area contributed by atoms with Gasteiger partial charge >= 0.3 is 5.97 Å². The van der Waals surface area contributed by atoms with E-state index in [9.17, 15) is 21.6 Å². The van der Waals surface area contributed by atoms with Crippen molar-refractivity contribution in [1.29, 1.82) is 0 Å². The number of esters is 1. The summed E-state index contributed by atoms with van der Waals surface area (Å²) < 4.78 is 85.7. The van der Waals surface area contributed by atoms with Crippen molar-refractivity contribution in [2.75, 3.05) is 20.8 Å². The Morgan fingerprint density at radius 3 is 1.73 bits per heavy atom. The Labute approximate surface area is 239 Å². The average molecular weight is 607 g/mol. The van der Waals surface area contributed by atoms with Gasteiger partial charge in [0.15, 0.2) is 12.4 Å². The minimum absolute atomic E-state index is 0.108. The van der Waals surface area contributed by atoms with Gasteiger partial charge in [0.25, 0.3) is 20.2 Å². The zero-order valence-electron chi connectivity index (χ0n) is 22.8. The van der Waals surface area contributed by atoms with Gasteiger partial charge in [0.05, 0.1) is 29.1 Å². The predicted molar refractivity (Wildman–Crippen MR) is 145 cm³/mol. The highest BCUT2D eigenvalue weighted by Crippen LogP contribution is 2.31. The van der Waals surface area contributed by atoms with Gasteiger partial charge in [0.1, 0.15) is 18.0 Å². The van der Waals surface area contributed by atoms with Gasteiger partial charge in [0.2, 0.25) is 0 Å². The molecular weight excluding hydrogens is 576 g/mol. The van der Waals surface area contributed by atoms with Gasteiger partial charge in [-0.1, -0.05) is 35.4 Å². The third-order valence-electron chi connectivity index (χ3n) is 6.29. The summed E-state index contributed by atoms with van der Waals surface area (Å²) in [6.07, 6.45) is -6.08. The zero-order valence-corrected chi connectivity index (χ0v) is 24.4. The topological polar surface area (TPSA) is 141 Å². The molecular formula is C28H30O11S2. The molecule has 1 saturated heterocycles. The van der Waals surface area contributed by atoms with Crippen LogP contribution in [0.5, 0.6) is 5.75 Å². The SMILES string of the molecule is COc1ccc(C(=O)OC2C(OC)OCC(OS(=O)(=O)c3ccc(C)cc3)C2OS(=O)(=O)c2ccc(C)cc2)cc1. The first-order chi connectivity index (χ1) is 19.4. The Morgan fingerprint density at radius 2 is 1.24 bits per heavy atom. The number of ether oxygens (including phenoxy) is 4. The van der Waals surface area contributed by atoms with Crippen molar-refractivity contribution in [3.05, 3.63) is 89.5 Å². The molecule has 0 aromatic heterocycles. The summed E-state index contributed by atoms with van der Waals surface area (Å²) in [5.74, 6) is -0.371. The molecule has 220 valence electrons. The number of rotatable bonds is 10. The highest BCUT2D eigenvalue weighted by Gasteiger charge is 2.49. The summed E-state index contributed by atoms with van der Waals surface area (Å²) in [4.78, 5) is 12.7. The second-order valence-electron chi connectivity index (χ2n) is 9.27. The van der Waals surface area contributed by atoms with Gasteiger partial charge in [-0.2, -0.15) is 16.8 Å². The fourth-order valence-electron chi connectivity index (χ4n) is 4.02. The van der Waals surface area contributed by atoms with E-state index >= 15 is 0 Å². The molecule has 3 aromatic rings. The summed E-state index contributed by atoms with van der Waals surface area (Å²) in [6, 6.07) is 17.7. The average Bonchev–Trinajstić information content (AvgIpc) is 2.95. The Balaban J connectivity index is 1.70. The first-order valence-electron chi connectivity index (χ1n) is 12.4. The maximum absolute atomic E-state index is 13.3. The van der Waals surface area contributed by atoms with Crippen LogP contribution >= 0.6 is 0 Å². The first-order valence-corrected chi connectivity index (χ1v) is 15.2. The van der Waals surface area contributed by atoms with E-state index in [0.29, 0.717) is 5.75 Å². The molecule has 4 atom stereocenters. The van der Waals surface area contributed by atoms with Crippen molar-refractivity contribution < 1.29 is 48.9 Å². The van der Waals surface area contributed by atoms with E-state index < -0.39 is 57.4 Å². The lowest BCUT2D eigenvalue weighted by Crippen LogP contribution is -2.58. The van der Waals surface area contributed by atoms with Crippen LogP contribution in [0.15, 0.2) is 82.6 Å².